The van der Waals surface area contributed by atoms with E-state index < -0.39 is 0 Å². The number of aliphatic hydroxyl groups excluding tert-OH is 1. The van der Waals surface area contributed by atoms with Crippen LogP contribution in [0.25, 0.3) is 0 Å². The van der Waals surface area contributed by atoms with E-state index in [0.717, 1.165) is 18.3 Å². The van der Waals surface area contributed by atoms with Crippen LogP contribution < -0.4 is 0 Å². The molecule has 82 valence electrons. The van der Waals surface area contributed by atoms with Crippen LogP contribution in [0.15, 0.2) is 17.5 Å². The van der Waals surface area contributed by atoms with Crippen LogP contribution in [0.5, 0.6) is 0 Å². The van der Waals surface area contributed by atoms with Crippen LogP contribution in [-0.2, 0) is 6.42 Å². The lowest BCUT2D eigenvalue weighted by Gasteiger charge is -2.26. The molecule has 2 fully saturated rings. The lowest BCUT2D eigenvalue weighted by atomic mass is 9.83. The number of rotatable bonds is 3. The SMILES string of the molecule is OC(Cc1cccs1)C1CC2CCC1C2. The van der Waals surface area contributed by atoms with Gasteiger partial charge in [0.25, 0.3) is 0 Å². The summed E-state index contributed by atoms with van der Waals surface area (Å²) in [5, 5.41) is 12.3. The Balaban J connectivity index is 1.63. The highest BCUT2D eigenvalue weighted by Crippen LogP contribution is 2.49. The van der Waals surface area contributed by atoms with Crippen LogP contribution in [0.1, 0.15) is 30.6 Å². The topological polar surface area (TPSA) is 20.2 Å². The first-order valence-corrected chi connectivity index (χ1v) is 6.91. The van der Waals surface area contributed by atoms with Crippen molar-refractivity contribution in [2.24, 2.45) is 17.8 Å². The summed E-state index contributed by atoms with van der Waals surface area (Å²) >= 11 is 1.77. The largest absolute Gasteiger partial charge is 0.392 e. The zero-order valence-corrected chi connectivity index (χ0v) is 9.75. The van der Waals surface area contributed by atoms with Gasteiger partial charge in [-0.3, -0.25) is 0 Å². The van der Waals surface area contributed by atoms with E-state index in [2.05, 4.69) is 17.5 Å². The first-order valence-electron chi connectivity index (χ1n) is 6.03. The van der Waals surface area contributed by atoms with Crippen molar-refractivity contribution >= 4 is 11.3 Å². The van der Waals surface area contributed by atoms with Crippen LogP contribution in [0.3, 0.4) is 0 Å². The van der Waals surface area contributed by atoms with Crippen molar-refractivity contribution in [3.63, 3.8) is 0 Å². The lowest BCUT2D eigenvalue weighted by molar-refractivity contribution is 0.0757. The van der Waals surface area contributed by atoms with Gasteiger partial charge >= 0.3 is 0 Å². The van der Waals surface area contributed by atoms with Gasteiger partial charge < -0.3 is 5.11 Å². The molecule has 2 aliphatic rings. The van der Waals surface area contributed by atoms with E-state index in [0.29, 0.717) is 5.92 Å². The van der Waals surface area contributed by atoms with E-state index in [4.69, 9.17) is 0 Å². The van der Waals surface area contributed by atoms with Crippen molar-refractivity contribution in [2.45, 2.75) is 38.2 Å². The van der Waals surface area contributed by atoms with E-state index >= 15 is 0 Å². The van der Waals surface area contributed by atoms with E-state index in [9.17, 15) is 5.11 Å². The molecule has 0 amide bonds. The molecule has 1 heterocycles. The van der Waals surface area contributed by atoms with Gasteiger partial charge in [0.15, 0.2) is 0 Å². The van der Waals surface area contributed by atoms with Gasteiger partial charge in [-0.05, 0) is 48.5 Å². The van der Waals surface area contributed by atoms with Gasteiger partial charge in [0.2, 0.25) is 0 Å². The molecule has 4 atom stereocenters. The fourth-order valence-electron chi connectivity index (χ4n) is 3.55. The maximum Gasteiger partial charge on any atom is 0.0619 e. The zero-order chi connectivity index (χ0) is 10.3. The van der Waals surface area contributed by atoms with Crippen molar-refractivity contribution < 1.29 is 5.11 Å². The molecule has 0 aromatic carbocycles. The predicted molar refractivity (Wildman–Crippen MR) is 63.0 cm³/mol. The summed E-state index contributed by atoms with van der Waals surface area (Å²) in [4.78, 5) is 1.34. The Morgan fingerprint density at radius 1 is 1.40 bits per heavy atom. The molecule has 0 spiro atoms. The molecule has 0 aliphatic heterocycles. The van der Waals surface area contributed by atoms with Crippen LogP contribution >= 0.6 is 11.3 Å². The Labute approximate surface area is 95.1 Å². The second-order valence-corrected chi connectivity index (χ2v) is 6.22. The van der Waals surface area contributed by atoms with Crippen molar-refractivity contribution in [2.75, 3.05) is 0 Å². The van der Waals surface area contributed by atoms with Crippen molar-refractivity contribution in [1.29, 1.82) is 0 Å². The monoisotopic (exact) mass is 222 g/mol. The number of thiophene rings is 1. The maximum atomic E-state index is 10.2. The van der Waals surface area contributed by atoms with E-state index in [-0.39, 0.29) is 6.10 Å². The van der Waals surface area contributed by atoms with Crippen molar-refractivity contribution in [3.8, 4) is 0 Å². The number of aliphatic hydroxyl groups is 1. The van der Waals surface area contributed by atoms with Gasteiger partial charge in [0.1, 0.15) is 0 Å². The lowest BCUT2D eigenvalue weighted by Crippen LogP contribution is -2.27. The molecule has 2 heteroatoms. The smallest absolute Gasteiger partial charge is 0.0619 e. The minimum atomic E-state index is -0.0843. The average molecular weight is 222 g/mol. The van der Waals surface area contributed by atoms with Gasteiger partial charge in [-0.15, -0.1) is 11.3 Å². The molecule has 0 saturated heterocycles. The summed E-state index contributed by atoms with van der Waals surface area (Å²) in [5.74, 6) is 2.38. The summed E-state index contributed by atoms with van der Waals surface area (Å²) in [6.07, 6.45) is 6.28. The normalized spacial score (nSPS) is 35.9. The molecule has 15 heavy (non-hydrogen) atoms. The summed E-state index contributed by atoms with van der Waals surface area (Å²) in [5.41, 5.74) is 0. The van der Waals surface area contributed by atoms with E-state index in [1.165, 1.54) is 30.6 Å². The number of hydrogen-bond acceptors (Lipinski definition) is 2. The third-order valence-corrected chi connectivity index (χ3v) is 5.18. The predicted octanol–water partition coefficient (Wildman–Crippen LogP) is 3.09. The summed E-state index contributed by atoms with van der Waals surface area (Å²) in [6.45, 7) is 0. The number of hydrogen-bond donors (Lipinski definition) is 1. The minimum Gasteiger partial charge on any atom is -0.392 e. The molecule has 2 saturated carbocycles. The fourth-order valence-corrected chi connectivity index (χ4v) is 4.31. The van der Waals surface area contributed by atoms with Crippen LogP contribution in [0.4, 0.5) is 0 Å². The third-order valence-electron chi connectivity index (χ3n) is 4.28. The van der Waals surface area contributed by atoms with E-state index in [1.807, 2.05) is 0 Å². The molecule has 0 radical (unpaired) electrons. The molecule has 4 unspecified atom stereocenters. The van der Waals surface area contributed by atoms with Gasteiger partial charge in [0.05, 0.1) is 6.10 Å². The average Bonchev–Trinajstić information content (AvgIpc) is 2.93. The summed E-state index contributed by atoms with van der Waals surface area (Å²) in [6, 6.07) is 4.22. The molecule has 1 nitrogen and oxygen atoms in total. The highest BCUT2D eigenvalue weighted by Gasteiger charge is 2.42. The first kappa shape index (κ1) is 9.86. The Morgan fingerprint density at radius 3 is 2.93 bits per heavy atom. The maximum absolute atomic E-state index is 10.2. The molecule has 2 aliphatic carbocycles. The Hall–Kier alpha value is -0.340. The minimum absolute atomic E-state index is 0.0843. The molecule has 3 rings (SSSR count). The molecule has 1 N–H and O–H groups in total. The van der Waals surface area contributed by atoms with Crippen LogP contribution in [0.2, 0.25) is 0 Å². The summed E-state index contributed by atoms with van der Waals surface area (Å²) in [7, 11) is 0. The quantitative estimate of drug-likeness (QED) is 0.833. The van der Waals surface area contributed by atoms with Crippen LogP contribution in [0, 0.1) is 17.8 Å². The van der Waals surface area contributed by atoms with Crippen LogP contribution in [-0.4, -0.2) is 11.2 Å². The highest BCUT2D eigenvalue weighted by atomic mass is 32.1. The van der Waals surface area contributed by atoms with Gasteiger partial charge in [-0.1, -0.05) is 12.5 Å². The van der Waals surface area contributed by atoms with Crippen molar-refractivity contribution in [3.05, 3.63) is 22.4 Å². The standard InChI is InChI=1S/C13H18OS/c14-13(8-11-2-1-5-15-11)12-7-9-3-4-10(12)6-9/h1-2,5,9-10,12-14H,3-4,6-8H2. The fraction of sp³-hybridized carbons (Fsp3) is 0.692. The molecular formula is C13H18OS. The Morgan fingerprint density at radius 2 is 2.33 bits per heavy atom. The first-order chi connectivity index (χ1) is 7.33. The van der Waals surface area contributed by atoms with Gasteiger partial charge in [-0.2, -0.15) is 0 Å². The molecular weight excluding hydrogens is 204 g/mol. The third kappa shape index (κ3) is 1.85. The highest BCUT2D eigenvalue weighted by molar-refractivity contribution is 7.09. The zero-order valence-electron chi connectivity index (χ0n) is 8.93. The second kappa shape index (κ2) is 3.91. The number of fused-ring (bicyclic) bond motifs is 2. The molecule has 2 bridgehead atoms. The van der Waals surface area contributed by atoms with E-state index in [1.54, 1.807) is 11.3 Å². The molecule has 1 aromatic heterocycles. The Bertz CT molecular complexity index is 319. The molecule has 1 aromatic rings. The Kier molecular flexibility index (Phi) is 2.57. The summed E-state index contributed by atoms with van der Waals surface area (Å²) < 4.78 is 0. The van der Waals surface area contributed by atoms with Gasteiger partial charge in [0, 0.05) is 11.3 Å². The van der Waals surface area contributed by atoms with Crippen molar-refractivity contribution in [1.82, 2.24) is 0 Å². The van der Waals surface area contributed by atoms with Gasteiger partial charge in [-0.25, -0.2) is 0 Å². The second-order valence-electron chi connectivity index (χ2n) is 5.19.